The van der Waals surface area contributed by atoms with Gasteiger partial charge in [0.15, 0.2) is 0 Å². The van der Waals surface area contributed by atoms with Crippen LogP contribution in [0.15, 0.2) is 25.3 Å². The quantitative estimate of drug-likeness (QED) is 0.329. The molecule has 1 fully saturated rings. The summed E-state index contributed by atoms with van der Waals surface area (Å²) in [5.74, 6) is -3.97. The molecule has 1 unspecified atom stereocenters. The van der Waals surface area contributed by atoms with Gasteiger partial charge in [-0.25, -0.2) is 19.4 Å². The molecule has 0 amide bonds. The Morgan fingerprint density at radius 1 is 1.22 bits per heavy atom. The molecular weight excluding hydrogens is 240 g/mol. The fourth-order valence-corrected chi connectivity index (χ4v) is 1.26. The second-order valence-corrected chi connectivity index (χ2v) is 4.89. The molecule has 0 saturated carbocycles. The van der Waals surface area contributed by atoms with Gasteiger partial charge in [-0.15, -0.1) is 6.58 Å². The van der Waals surface area contributed by atoms with E-state index in [4.69, 9.17) is 0 Å². The minimum Gasteiger partial charge on any atom is -0.247 e. The molecule has 18 heavy (non-hydrogen) atoms. The van der Waals surface area contributed by atoms with E-state index in [1.165, 1.54) is 6.08 Å². The molecule has 1 atom stereocenters. The van der Waals surface area contributed by atoms with Crippen molar-refractivity contribution in [3.05, 3.63) is 25.3 Å². The fourth-order valence-electron chi connectivity index (χ4n) is 1.26. The van der Waals surface area contributed by atoms with E-state index >= 15 is 0 Å². The van der Waals surface area contributed by atoms with Gasteiger partial charge in [0.25, 0.3) is 0 Å². The molecule has 6 nitrogen and oxygen atoms in total. The minimum atomic E-state index is -1.65. The third-order valence-corrected chi connectivity index (χ3v) is 2.44. The number of hydrogen-bond acceptors (Lipinski definition) is 6. The second kappa shape index (κ2) is 4.91. The van der Waals surface area contributed by atoms with E-state index in [1.54, 1.807) is 0 Å². The van der Waals surface area contributed by atoms with Crippen molar-refractivity contribution < 1.29 is 29.1 Å². The van der Waals surface area contributed by atoms with E-state index in [1.807, 2.05) is 20.8 Å². The third kappa shape index (κ3) is 2.96. The first kappa shape index (κ1) is 14.4. The van der Waals surface area contributed by atoms with Gasteiger partial charge in [0.2, 0.25) is 0 Å². The molecule has 1 heterocycles. The van der Waals surface area contributed by atoms with Gasteiger partial charge >= 0.3 is 17.7 Å². The molecule has 0 bridgehead atoms. The highest BCUT2D eigenvalue weighted by Crippen LogP contribution is 2.32. The lowest BCUT2D eigenvalue weighted by Crippen LogP contribution is -2.31. The number of hydrogen-bond donors (Lipinski definition) is 0. The molecule has 1 aliphatic heterocycles. The number of rotatable bonds is 4. The van der Waals surface area contributed by atoms with Crippen LogP contribution in [0.4, 0.5) is 0 Å². The van der Waals surface area contributed by atoms with Crippen molar-refractivity contribution >= 4 is 11.9 Å². The summed E-state index contributed by atoms with van der Waals surface area (Å²) in [7, 11) is 0. The third-order valence-electron chi connectivity index (χ3n) is 2.44. The molecule has 6 heteroatoms. The highest BCUT2D eigenvalue weighted by atomic mass is 17.4. The zero-order valence-corrected chi connectivity index (χ0v) is 10.6. The molecule has 0 aromatic rings. The number of carbonyl (C=O) groups is 2. The molecule has 0 aliphatic carbocycles. The summed E-state index contributed by atoms with van der Waals surface area (Å²) in [4.78, 5) is 40.6. The first-order valence-corrected chi connectivity index (χ1v) is 5.32. The van der Waals surface area contributed by atoms with E-state index in [2.05, 4.69) is 32.7 Å². The predicted molar refractivity (Wildman–Crippen MR) is 60.4 cm³/mol. The Balaban J connectivity index is 2.53. The van der Waals surface area contributed by atoms with Gasteiger partial charge in [-0.3, -0.25) is 0 Å². The van der Waals surface area contributed by atoms with Crippen molar-refractivity contribution in [2.45, 2.75) is 26.6 Å². The largest absolute Gasteiger partial charge is 0.424 e. The van der Waals surface area contributed by atoms with Crippen molar-refractivity contribution in [1.29, 1.82) is 0 Å². The first-order valence-electron chi connectivity index (χ1n) is 5.32. The minimum absolute atomic E-state index is 0.395. The SMILES string of the molecule is C=CC(C(=O)OOC(=O)C1(C=C)OO1)C(C)(C)C. The fraction of sp³-hybridized carbons (Fsp3) is 0.500. The molecule has 0 aromatic carbocycles. The zero-order valence-electron chi connectivity index (χ0n) is 10.6. The van der Waals surface area contributed by atoms with Gasteiger partial charge in [0.1, 0.15) is 0 Å². The predicted octanol–water partition coefficient (Wildman–Crippen LogP) is 1.68. The highest BCUT2D eigenvalue weighted by Gasteiger charge is 2.57. The molecule has 0 N–H and O–H groups in total. The van der Waals surface area contributed by atoms with Crippen molar-refractivity contribution in [1.82, 2.24) is 0 Å². The standard InChI is InChI=1S/C12H16O6/c1-6-8(11(3,4)5)9(13)15-16-10(14)12(7-2)17-18-12/h6-8H,1-2H2,3-5H3. The summed E-state index contributed by atoms with van der Waals surface area (Å²) < 4.78 is 0. The molecule has 0 radical (unpaired) electrons. The lowest BCUT2D eigenvalue weighted by atomic mass is 9.81. The molecule has 1 rings (SSSR count). The Morgan fingerprint density at radius 2 is 1.78 bits per heavy atom. The molecule has 1 saturated heterocycles. The molecule has 0 aromatic heterocycles. The van der Waals surface area contributed by atoms with Crippen LogP contribution in [0.25, 0.3) is 0 Å². The molecular formula is C12H16O6. The van der Waals surface area contributed by atoms with Crippen LogP contribution < -0.4 is 0 Å². The maximum atomic E-state index is 11.7. The van der Waals surface area contributed by atoms with E-state index in [-0.39, 0.29) is 0 Å². The van der Waals surface area contributed by atoms with Gasteiger partial charge in [0.05, 0.1) is 5.92 Å². The van der Waals surface area contributed by atoms with E-state index < -0.39 is 29.1 Å². The van der Waals surface area contributed by atoms with Gasteiger partial charge < -0.3 is 0 Å². The van der Waals surface area contributed by atoms with Crippen LogP contribution in [0.1, 0.15) is 20.8 Å². The van der Waals surface area contributed by atoms with Gasteiger partial charge in [-0.1, -0.05) is 33.4 Å². The maximum Gasteiger partial charge on any atom is 0.424 e. The summed E-state index contributed by atoms with van der Waals surface area (Å²) >= 11 is 0. The summed E-state index contributed by atoms with van der Waals surface area (Å²) in [6.07, 6.45) is 2.53. The van der Waals surface area contributed by atoms with Crippen molar-refractivity contribution in [3.8, 4) is 0 Å². The lowest BCUT2D eigenvalue weighted by molar-refractivity contribution is -0.266. The summed E-state index contributed by atoms with van der Waals surface area (Å²) in [5.41, 5.74) is -0.395. The molecule has 0 spiro atoms. The average Bonchev–Trinajstić information content (AvgIpc) is 3.05. The van der Waals surface area contributed by atoms with Crippen molar-refractivity contribution in [2.75, 3.05) is 0 Å². The molecule has 100 valence electrons. The summed E-state index contributed by atoms with van der Waals surface area (Å²) in [5, 5.41) is 0. The first-order chi connectivity index (χ1) is 8.27. The van der Waals surface area contributed by atoms with Crippen molar-refractivity contribution in [2.24, 2.45) is 11.3 Å². The Hall–Kier alpha value is -1.66. The average molecular weight is 256 g/mol. The van der Waals surface area contributed by atoms with Crippen LogP contribution in [0.3, 0.4) is 0 Å². The van der Waals surface area contributed by atoms with Gasteiger partial charge in [0, 0.05) is 0 Å². The van der Waals surface area contributed by atoms with Crippen LogP contribution in [-0.4, -0.2) is 17.7 Å². The van der Waals surface area contributed by atoms with Crippen molar-refractivity contribution in [3.63, 3.8) is 0 Å². The smallest absolute Gasteiger partial charge is 0.247 e. The van der Waals surface area contributed by atoms with Crippen LogP contribution in [-0.2, 0) is 29.1 Å². The van der Waals surface area contributed by atoms with E-state index in [0.29, 0.717) is 0 Å². The summed E-state index contributed by atoms with van der Waals surface area (Å²) in [6.45, 7) is 12.4. The summed E-state index contributed by atoms with van der Waals surface area (Å²) in [6, 6.07) is 0. The monoisotopic (exact) mass is 256 g/mol. The molecule has 1 aliphatic rings. The topological polar surface area (TPSA) is 77.7 Å². The Bertz CT molecular complexity index is 375. The maximum absolute atomic E-state index is 11.7. The second-order valence-electron chi connectivity index (χ2n) is 4.89. The van der Waals surface area contributed by atoms with Crippen LogP contribution in [0.2, 0.25) is 0 Å². The van der Waals surface area contributed by atoms with Gasteiger partial charge in [-0.05, 0) is 11.5 Å². The van der Waals surface area contributed by atoms with E-state index in [9.17, 15) is 9.59 Å². The highest BCUT2D eigenvalue weighted by molar-refractivity contribution is 5.82. The normalized spacial score (nSPS) is 18.4. The lowest BCUT2D eigenvalue weighted by Gasteiger charge is -2.24. The van der Waals surface area contributed by atoms with Crippen LogP contribution in [0.5, 0.6) is 0 Å². The van der Waals surface area contributed by atoms with Gasteiger partial charge in [-0.2, -0.15) is 9.78 Å². The van der Waals surface area contributed by atoms with Crippen LogP contribution in [0, 0.1) is 11.3 Å². The van der Waals surface area contributed by atoms with E-state index in [0.717, 1.165) is 6.08 Å². The Kier molecular flexibility index (Phi) is 3.93. The van der Waals surface area contributed by atoms with Crippen LogP contribution >= 0.6 is 0 Å². The number of carbonyl (C=O) groups excluding carboxylic acids is 2. The zero-order chi connectivity index (χ0) is 14.0. The Morgan fingerprint density at radius 3 is 2.11 bits per heavy atom. The Labute approximate surface area is 105 Å².